The molecule has 0 spiro atoms. The van der Waals surface area contributed by atoms with E-state index in [0.29, 0.717) is 17.8 Å². The Morgan fingerprint density at radius 2 is 0.872 bits per heavy atom. The minimum absolute atomic E-state index is 0.693. The van der Waals surface area contributed by atoms with Crippen molar-refractivity contribution in [3.05, 3.63) is 88.7 Å². The van der Waals surface area contributed by atoms with Gasteiger partial charge in [-0.05, 0) is 120 Å². The largest absolute Gasteiger partial charge is 0.252 e. The summed E-state index contributed by atoms with van der Waals surface area (Å²) in [6.45, 7) is 19.0. The fourth-order valence-electron chi connectivity index (χ4n) is 12.2. The zero-order chi connectivity index (χ0) is 53.9. The third kappa shape index (κ3) is 11.4. The van der Waals surface area contributed by atoms with Crippen LogP contribution in [0.15, 0.2) is 79.0 Å². The number of pyridine rings is 1. The molecular formula is C64H75N5S8Si. The lowest BCUT2D eigenvalue weighted by Gasteiger charge is -2.35. The lowest BCUT2D eigenvalue weighted by Crippen LogP contribution is -2.56. The maximum Gasteiger partial charge on any atom is 0.132 e. The van der Waals surface area contributed by atoms with Gasteiger partial charge in [-0.15, -0.1) is 68.0 Å². The van der Waals surface area contributed by atoms with Crippen LogP contribution in [0.2, 0.25) is 12.1 Å². The second kappa shape index (κ2) is 25.3. The molecule has 408 valence electrons. The van der Waals surface area contributed by atoms with Gasteiger partial charge in [0.05, 0.1) is 28.3 Å². The Morgan fingerprint density at radius 1 is 0.423 bits per heavy atom. The van der Waals surface area contributed by atoms with Crippen LogP contribution in [0.4, 0.5) is 0 Å². The highest BCUT2D eigenvalue weighted by molar-refractivity contribution is 7.32. The van der Waals surface area contributed by atoms with Crippen molar-refractivity contribution in [1.29, 1.82) is 0 Å². The van der Waals surface area contributed by atoms with Crippen LogP contribution in [-0.2, 0) is 12.8 Å². The number of fused-ring (bicyclic) bond motifs is 5. The van der Waals surface area contributed by atoms with Crippen LogP contribution in [0.1, 0.15) is 149 Å². The summed E-state index contributed by atoms with van der Waals surface area (Å²) in [7, 11) is -2.35. The van der Waals surface area contributed by atoms with E-state index in [9.17, 15) is 0 Å². The van der Waals surface area contributed by atoms with Crippen LogP contribution < -0.4 is 10.4 Å². The molecule has 11 rings (SSSR count). The molecule has 14 heteroatoms. The Morgan fingerprint density at radius 3 is 1.42 bits per heavy atom. The average molecular weight is 1200 g/mol. The molecule has 4 unspecified atom stereocenters. The second-order valence-electron chi connectivity index (χ2n) is 22.3. The number of benzene rings is 1. The first-order chi connectivity index (χ1) is 38.2. The van der Waals surface area contributed by atoms with Gasteiger partial charge in [-0.1, -0.05) is 151 Å². The molecule has 9 aromatic heterocycles. The van der Waals surface area contributed by atoms with Gasteiger partial charge >= 0.3 is 0 Å². The molecule has 1 aliphatic rings. The van der Waals surface area contributed by atoms with Gasteiger partial charge in [-0.2, -0.15) is 17.5 Å². The van der Waals surface area contributed by atoms with Crippen molar-refractivity contribution >= 4 is 132 Å². The summed E-state index contributed by atoms with van der Waals surface area (Å²) in [6, 6.07) is 31.2. The average Bonchev–Trinajstić information content (AvgIpc) is 4.38. The first kappa shape index (κ1) is 56.3. The lowest BCUT2D eigenvalue weighted by molar-refractivity contribution is 0.452. The number of hydrogen-bond donors (Lipinski definition) is 0. The predicted octanol–water partition coefficient (Wildman–Crippen LogP) is 21.8. The fraction of sp³-hybridized carbons (Fsp3) is 0.453. The topological polar surface area (TPSA) is 64.5 Å². The highest BCUT2D eigenvalue weighted by atomic mass is 32.1. The normalized spacial score (nSPS) is 15.9. The molecule has 0 bridgehead atoms. The Labute approximate surface area is 497 Å². The molecule has 10 aromatic rings. The zero-order valence-electron chi connectivity index (χ0n) is 46.8. The first-order valence-corrected chi connectivity index (χ1v) is 38.0. The van der Waals surface area contributed by atoms with Crippen molar-refractivity contribution < 1.29 is 0 Å². The van der Waals surface area contributed by atoms with Crippen LogP contribution in [0.3, 0.4) is 0 Å². The van der Waals surface area contributed by atoms with Crippen LogP contribution in [0.25, 0.3) is 93.2 Å². The summed E-state index contributed by atoms with van der Waals surface area (Å²) in [5.41, 5.74) is 8.45. The molecule has 5 nitrogen and oxygen atoms in total. The number of aromatic nitrogens is 5. The molecule has 0 N–H and O–H groups in total. The number of thiophene rings is 6. The number of rotatable bonds is 27. The van der Waals surface area contributed by atoms with Crippen molar-refractivity contribution in [3.63, 3.8) is 0 Å². The van der Waals surface area contributed by atoms with E-state index in [0.717, 1.165) is 45.7 Å². The van der Waals surface area contributed by atoms with Gasteiger partial charge < -0.3 is 0 Å². The van der Waals surface area contributed by atoms with E-state index < -0.39 is 8.07 Å². The van der Waals surface area contributed by atoms with Crippen molar-refractivity contribution in [2.24, 2.45) is 23.7 Å². The van der Waals surface area contributed by atoms with Gasteiger partial charge in [0.25, 0.3) is 0 Å². The summed E-state index contributed by atoms with van der Waals surface area (Å²) < 4.78 is 20.3. The van der Waals surface area contributed by atoms with Crippen molar-refractivity contribution in [3.8, 4) is 71.2 Å². The van der Waals surface area contributed by atoms with E-state index in [2.05, 4.69) is 134 Å². The van der Waals surface area contributed by atoms with Gasteiger partial charge in [-0.3, -0.25) is 4.98 Å². The maximum absolute atomic E-state index is 5.39. The molecular weight excluding hydrogens is 1120 g/mol. The van der Waals surface area contributed by atoms with Gasteiger partial charge in [0.2, 0.25) is 0 Å². The van der Waals surface area contributed by atoms with E-state index >= 15 is 0 Å². The Balaban J connectivity index is 0.972. The molecule has 4 atom stereocenters. The van der Waals surface area contributed by atoms with Crippen LogP contribution in [0.5, 0.6) is 0 Å². The first-order valence-electron chi connectivity index (χ1n) is 29.2. The minimum atomic E-state index is -2.35. The van der Waals surface area contributed by atoms with Gasteiger partial charge in [-0.25, -0.2) is 0 Å². The van der Waals surface area contributed by atoms with E-state index in [1.165, 1.54) is 195 Å². The minimum Gasteiger partial charge on any atom is -0.252 e. The third-order valence-electron chi connectivity index (χ3n) is 17.1. The fourth-order valence-corrected chi connectivity index (χ4v) is 28.3. The zero-order valence-corrected chi connectivity index (χ0v) is 54.4. The van der Waals surface area contributed by atoms with Crippen molar-refractivity contribution in [2.45, 2.75) is 164 Å². The molecule has 78 heavy (non-hydrogen) atoms. The SMILES string of the molecule is CCCCC(CC)Cc1ccc(-c2ccc(-c3ccc(-c4cc5c(s4)-c4sc(-c6ncc(-c7ccc(-c8ccc(CC(C)CC)s8)s7)c7nsnc67)cc4[Si]5(CC(CC)CCCC)CC(CC)CCCC)c4nsnc34)s2)s1. The molecule has 0 amide bonds. The molecule has 1 aromatic carbocycles. The highest BCUT2D eigenvalue weighted by Gasteiger charge is 2.50. The highest BCUT2D eigenvalue weighted by Crippen LogP contribution is 2.51. The van der Waals surface area contributed by atoms with Crippen LogP contribution >= 0.6 is 91.5 Å². The smallest absolute Gasteiger partial charge is 0.132 e. The van der Waals surface area contributed by atoms with E-state index in [-0.39, 0.29) is 0 Å². The second-order valence-corrected chi connectivity index (χ2v) is 34.1. The standard InChI is InChI=1S/C64H75N5S8Si/c1-9-16-19-40(13-5)33-44-23-27-51(71-44)52-30-28-48(72-52)45-24-25-46(59-58(45)66-76-67-59)54-34-56-63(74-54)64-57(78(56,37-41(14-6)20-17-10-2)38-42(15-7)21-18-11-3)35-55(75-64)61-62-60(68-77-69-62)47(36-65-61)49-29-31-53(73-49)50-26-22-43(70-50)32-39(8)12-4/h22-31,34-36,39-42H,9-21,32-33,37-38H2,1-8H3. The molecule has 1 aliphatic heterocycles. The molecule has 0 radical (unpaired) electrons. The lowest BCUT2D eigenvalue weighted by atomic mass is 9.95. The molecule has 0 saturated heterocycles. The van der Waals surface area contributed by atoms with Gasteiger partial charge in [0.1, 0.15) is 35.8 Å². The Hall–Kier alpha value is -3.57. The molecule has 0 aliphatic carbocycles. The van der Waals surface area contributed by atoms with Crippen molar-refractivity contribution in [1.82, 2.24) is 22.5 Å². The summed E-state index contributed by atoms with van der Waals surface area (Å²) in [5, 5.41) is 3.35. The summed E-state index contributed by atoms with van der Waals surface area (Å²) in [6.07, 6.45) is 21.0. The number of nitrogens with zero attached hydrogens (tertiary/aromatic N) is 5. The van der Waals surface area contributed by atoms with Gasteiger partial charge in [0, 0.05) is 76.5 Å². The Kier molecular flexibility index (Phi) is 18.2. The number of unbranched alkanes of at least 4 members (excludes halogenated alkanes) is 3. The quantitative estimate of drug-likeness (QED) is 0.0480. The summed E-state index contributed by atoms with van der Waals surface area (Å²) >= 11 is 14.3. The van der Waals surface area contributed by atoms with Crippen LogP contribution in [-0.4, -0.2) is 30.6 Å². The van der Waals surface area contributed by atoms with E-state index in [1.54, 1.807) is 10.4 Å². The van der Waals surface area contributed by atoms with Crippen LogP contribution in [0, 0.1) is 23.7 Å². The summed E-state index contributed by atoms with van der Waals surface area (Å²) in [4.78, 5) is 21.8. The predicted molar refractivity (Wildman–Crippen MR) is 353 cm³/mol. The van der Waals surface area contributed by atoms with E-state index in [1.807, 2.05) is 68.0 Å². The molecule has 0 saturated carbocycles. The molecule has 10 heterocycles. The molecule has 0 fully saturated rings. The summed E-state index contributed by atoms with van der Waals surface area (Å²) in [5.74, 6) is 2.86. The third-order valence-corrected chi connectivity index (χ3v) is 31.2. The Bertz CT molecular complexity index is 3580. The van der Waals surface area contributed by atoms with Crippen molar-refractivity contribution in [2.75, 3.05) is 0 Å². The monoisotopic (exact) mass is 1200 g/mol. The maximum atomic E-state index is 5.39. The van der Waals surface area contributed by atoms with E-state index in [4.69, 9.17) is 22.5 Å². The number of hydrogen-bond acceptors (Lipinski definition) is 13. The van der Waals surface area contributed by atoms with Gasteiger partial charge in [0.15, 0.2) is 0 Å².